The van der Waals surface area contributed by atoms with Crippen molar-refractivity contribution in [1.29, 1.82) is 0 Å². The van der Waals surface area contributed by atoms with E-state index < -0.39 is 0 Å². The van der Waals surface area contributed by atoms with Crippen LogP contribution in [0.3, 0.4) is 0 Å². The SMILES string of the molecule is CCn1c(=O)[nH]c2ccc3c(c21)C(=O)c1ccccc1C3=O. The Bertz CT molecular complexity index is 1020. The number of H-pyrrole nitrogens is 1. The van der Waals surface area contributed by atoms with Crippen LogP contribution in [0.2, 0.25) is 0 Å². The zero-order chi connectivity index (χ0) is 15.4. The first-order chi connectivity index (χ1) is 10.6. The molecule has 5 heteroatoms. The Morgan fingerprint density at radius 3 is 2.27 bits per heavy atom. The van der Waals surface area contributed by atoms with Gasteiger partial charge >= 0.3 is 5.69 Å². The summed E-state index contributed by atoms with van der Waals surface area (Å²) >= 11 is 0. The van der Waals surface area contributed by atoms with E-state index in [-0.39, 0.29) is 17.3 Å². The molecule has 3 aromatic rings. The standard InChI is InChI=1S/C17H12N2O3/c1-2-19-14-12(18-17(19)22)8-7-11-13(14)16(21)10-6-4-3-5-9(10)15(11)20/h3-8H,2H2,1H3,(H,18,22). The number of benzene rings is 2. The number of ketones is 2. The summed E-state index contributed by atoms with van der Waals surface area (Å²) in [6, 6.07) is 10.1. The highest BCUT2D eigenvalue weighted by molar-refractivity contribution is 6.31. The highest BCUT2D eigenvalue weighted by atomic mass is 16.1. The zero-order valence-electron chi connectivity index (χ0n) is 11.8. The smallest absolute Gasteiger partial charge is 0.306 e. The lowest BCUT2D eigenvalue weighted by atomic mass is 9.83. The van der Waals surface area contributed by atoms with Crippen molar-refractivity contribution >= 4 is 22.6 Å². The lowest BCUT2D eigenvalue weighted by Crippen LogP contribution is -2.23. The van der Waals surface area contributed by atoms with Gasteiger partial charge in [0.1, 0.15) is 0 Å². The van der Waals surface area contributed by atoms with Crippen LogP contribution in [-0.4, -0.2) is 21.1 Å². The summed E-state index contributed by atoms with van der Waals surface area (Å²) in [6.45, 7) is 2.26. The number of aromatic nitrogens is 2. The van der Waals surface area contributed by atoms with E-state index >= 15 is 0 Å². The van der Waals surface area contributed by atoms with Crippen molar-refractivity contribution < 1.29 is 9.59 Å². The Kier molecular flexibility index (Phi) is 2.48. The fourth-order valence-electron chi connectivity index (χ4n) is 3.14. The number of aromatic amines is 1. The molecule has 1 aliphatic carbocycles. The fourth-order valence-corrected chi connectivity index (χ4v) is 3.14. The number of nitrogens with one attached hydrogen (secondary N) is 1. The van der Waals surface area contributed by atoms with Crippen molar-refractivity contribution in [2.24, 2.45) is 0 Å². The van der Waals surface area contributed by atoms with Crippen molar-refractivity contribution in [3.8, 4) is 0 Å². The van der Waals surface area contributed by atoms with Crippen LogP contribution in [0.5, 0.6) is 0 Å². The van der Waals surface area contributed by atoms with E-state index in [2.05, 4.69) is 4.98 Å². The molecule has 1 N–H and O–H groups in total. The Hall–Kier alpha value is -2.95. The number of carbonyl (C=O) groups is 2. The van der Waals surface area contributed by atoms with Crippen LogP contribution in [0.15, 0.2) is 41.2 Å². The average molecular weight is 292 g/mol. The largest absolute Gasteiger partial charge is 0.326 e. The van der Waals surface area contributed by atoms with Crippen molar-refractivity contribution in [1.82, 2.24) is 9.55 Å². The van der Waals surface area contributed by atoms with Gasteiger partial charge in [-0.1, -0.05) is 24.3 Å². The third-order valence-electron chi connectivity index (χ3n) is 4.14. The second kappa shape index (κ2) is 4.27. The summed E-state index contributed by atoms with van der Waals surface area (Å²) in [6.07, 6.45) is 0. The molecule has 5 nitrogen and oxygen atoms in total. The molecule has 108 valence electrons. The van der Waals surface area contributed by atoms with Crippen LogP contribution in [-0.2, 0) is 6.54 Å². The van der Waals surface area contributed by atoms with Crippen LogP contribution in [0, 0.1) is 0 Å². The molecule has 2 aromatic carbocycles. The van der Waals surface area contributed by atoms with E-state index in [1.807, 2.05) is 6.92 Å². The predicted molar refractivity (Wildman–Crippen MR) is 81.5 cm³/mol. The maximum atomic E-state index is 12.9. The van der Waals surface area contributed by atoms with Crippen LogP contribution < -0.4 is 5.69 Å². The fraction of sp³-hybridized carbons (Fsp3) is 0.118. The Morgan fingerprint density at radius 2 is 1.59 bits per heavy atom. The minimum Gasteiger partial charge on any atom is -0.306 e. The molecular formula is C17H12N2O3. The second-order valence-corrected chi connectivity index (χ2v) is 5.26. The quantitative estimate of drug-likeness (QED) is 0.584. The first-order valence-corrected chi connectivity index (χ1v) is 7.07. The summed E-state index contributed by atoms with van der Waals surface area (Å²) in [7, 11) is 0. The van der Waals surface area contributed by atoms with Crippen LogP contribution in [0.4, 0.5) is 0 Å². The topological polar surface area (TPSA) is 71.9 Å². The number of hydrogen-bond donors (Lipinski definition) is 1. The number of hydrogen-bond acceptors (Lipinski definition) is 3. The zero-order valence-corrected chi connectivity index (χ0v) is 11.8. The molecule has 1 aromatic heterocycles. The Balaban J connectivity index is 2.17. The number of carbonyl (C=O) groups excluding carboxylic acids is 2. The number of imidazole rings is 1. The van der Waals surface area contributed by atoms with E-state index in [1.54, 1.807) is 36.4 Å². The molecule has 0 bridgehead atoms. The molecule has 22 heavy (non-hydrogen) atoms. The molecule has 0 unspecified atom stereocenters. The third-order valence-corrected chi connectivity index (χ3v) is 4.14. The number of rotatable bonds is 1. The van der Waals surface area contributed by atoms with E-state index in [9.17, 15) is 14.4 Å². The van der Waals surface area contributed by atoms with Gasteiger partial charge in [-0.05, 0) is 19.1 Å². The molecule has 0 saturated carbocycles. The molecule has 1 aliphatic rings. The minimum absolute atomic E-state index is 0.177. The molecule has 0 atom stereocenters. The number of aryl methyl sites for hydroxylation is 1. The summed E-state index contributed by atoms with van der Waals surface area (Å²) < 4.78 is 1.49. The highest BCUT2D eigenvalue weighted by Crippen LogP contribution is 2.31. The van der Waals surface area contributed by atoms with E-state index in [0.29, 0.717) is 39.8 Å². The first kappa shape index (κ1) is 12.8. The summed E-state index contributed by atoms with van der Waals surface area (Å²) in [5.74, 6) is -0.389. The van der Waals surface area contributed by atoms with Crippen LogP contribution in [0.1, 0.15) is 38.8 Å². The molecule has 0 saturated heterocycles. The van der Waals surface area contributed by atoms with Gasteiger partial charge in [0.05, 0.1) is 16.6 Å². The normalized spacial score (nSPS) is 13.3. The average Bonchev–Trinajstić information content (AvgIpc) is 2.87. The highest BCUT2D eigenvalue weighted by Gasteiger charge is 2.32. The minimum atomic E-state index is -0.273. The molecule has 0 spiro atoms. The lowest BCUT2D eigenvalue weighted by Gasteiger charge is -2.18. The maximum Gasteiger partial charge on any atom is 0.326 e. The Morgan fingerprint density at radius 1 is 0.909 bits per heavy atom. The van der Waals surface area contributed by atoms with Gasteiger partial charge in [0.2, 0.25) is 0 Å². The number of nitrogens with zero attached hydrogens (tertiary/aromatic N) is 1. The summed E-state index contributed by atoms with van der Waals surface area (Å²) in [4.78, 5) is 40.2. The van der Waals surface area contributed by atoms with Gasteiger partial charge in [0.25, 0.3) is 0 Å². The molecule has 1 heterocycles. The van der Waals surface area contributed by atoms with Gasteiger partial charge in [-0.2, -0.15) is 0 Å². The number of fused-ring (bicyclic) bond motifs is 4. The monoisotopic (exact) mass is 292 g/mol. The van der Waals surface area contributed by atoms with Crippen molar-refractivity contribution in [2.75, 3.05) is 0 Å². The third kappa shape index (κ3) is 1.45. The van der Waals surface area contributed by atoms with Gasteiger partial charge in [0.15, 0.2) is 11.6 Å². The van der Waals surface area contributed by atoms with Gasteiger partial charge in [0, 0.05) is 23.2 Å². The Labute approximate surface area is 125 Å². The first-order valence-electron chi connectivity index (χ1n) is 7.07. The van der Waals surface area contributed by atoms with Crippen molar-refractivity contribution in [3.63, 3.8) is 0 Å². The van der Waals surface area contributed by atoms with Crippen LogP contribution >= 0.6 is 0 Å². The van der Waals surface area contributed by atoms with Gasteiger partial charge in [-0.3, -0.25) is 14.2 Å². The van der Waals surface area contributed by atoms with Gasteiger partial charge in [-0.15, -0.1) is 0 Å². The molecule has 0 amide bonds. The molecule has 0 aliphatic heterocycles. The molecule has 4 rings (SSSR count). The van der Waals surface area contributed by atoms with E-state index in [4.69, 9.17) is 0 Å². The summed E-state index contributed by atoms with van der Waals surface area (Å²) in [5, 5.41) is 0. The van der Waals surface area contributed by atoms with Crippen molar-refractivity contribution in [2.45, 2.75) is 13.5 Å². The summed E-state index contributed by atoms with van der Waals surface area (Å²) in [5.41, 5.74) is 2.30. The predicted octanol–water partition coefficient (Wildman–Crippen LogP) is 2.12. The second-order valence-electron chi connectivity index (χ2n) is 5.26. The lowest BCUT2D eigenvalue weighted by molar-refractivity contribution is 0.0980. The van der Waals surface area contributed by atoms with Crippen molar-refractivity contribution in [3.05, 3.63) is 69.1 Å². The van der Waals surface area contributed by atoms with Gasteiger partial charge in [-0.25, -0.2) is 4.79 Å². The maximum absolute atomic E-state index is 12.9. The molecule has 0 fully saturated rings. The molecular weight excluding hydrogens is 280 g/mol. The van der Waals surface area contributed by atoms with Crippen LogP contribution in [0.25, 0.3) is 11.0 Å². The molecule has 0 radical (unpaired) electrons. The van der Waals surface area contributed by atoms with E-state index in [1.165, 1.54) is 4.57 Å². The van der Waals surface area contributed by atoms with Gasteiger partial charge < -0.3 is 4.98 Å². The van der Waals surface area contributed by atoms with E-state index in [0.717, 1.165) is 0 Å².